The fourth-order valence-corrected chi connectivity index (χ4v) is 8.25. The molecule has 0 heteroatoms. The van der Waals surface area contributed by atoms with Crippen molar-refractivity contribution in [1.29, 1.82) is 0 Å². The van der Waals surface area contributed by atoms with E-state index in [-0.39, 0.29) is 0 Å². The first kappa shape index (κ1) is 21.0. The van der Waals surface area contributed by atoms with Gasteiger partial charge in [0, 0.05) is 0 Å². The van der Waals surface area contributed by atoms with Gasteiger partial charge in [-0.15, -0.1) is 0 Å². The molecule has 0 bridgehead atoms. The standard InChI is InChI=1S/C40H24/c1-21-19-31-33(25-13-5-3-11-23(21)25)37-30-18-10-8-16-28(30)36-32-20-22(2)24-12-4-6-14-26(24)34(32)38-29-17-9-7-15-27(29)35(31)39(37)40(36)38/h3-20H,1-2H3. The SMILES string of the molecule is Cc1cc2c(c3ccccc13)=c1c3ccccc3c3c4c(c5ccccc5c=2c14)=c1c=3cc(C)c2ccccc12. The molecule has 0 aliphatic heterocycles. The van der Waals surface area contributed by atoms with Gasteiger partial charge in [0.05, 0.1) is 0 Å². The maximum absolute atomic E-state index is 2.46. The summed E-state index contributed by atoms with van der Waals surface area (Å²) < 4.78 is 0. The average Bonchev–Trinajstić information content (AvgIpc) is 3.52. The van der Waals surface area contributed by atoms with E-state index in [1.54, 1.807) is 0 Å². The smallest absolute Gasteiger partial charge is 0.0000705 e. The summed E-state index contributed by atoms with van der Waals surface area (Å²) in [6.45, 7) is 4.54. The molecule has 0 nitrogen and oxygen atoms in total. The van der Waals surface area contributed by atoms with Crippen LogP contribution in [0.2, 0.25) is 0 Å². The zero-order chi connectivity index (χ0) is 26.3. The highest BCUT2D eigenvalue weighted by Crippen LogP contribution is 2.42. The van der Waals surface area contributed by atoms with E-state index in [0.717, 1.165) is 0 Å². The van der Waals surface area contributed by atoms with Crippen LogP contribution in [0.3, 0.4) is 0 Å². The van der Waals surface area contributed by atoms with Crippen LogP contribution in [0.5, 0.6) is 0 Å². The van der Waals surface area contributed by atoms with Crippen molar-refractivity contribution in [3.8, 4) is 0 Å². The van der Waals surface area contributed by atoms with Crippen molar-refractivity contribution < 1.29 is 0 Å². The van der Waals surface area contributed by atoms with Crippen molar-refractivity contribution in [2.24, 2.45) is 0 Å². The summed E-state index contributed by atoms with van der Waals surface area (Å²) in [6.07, 6.45) is 0. The molecule has 0 aromatic heterocycles. The van der Waals surface area contributed by atoms with Crippen LogP contribution < -0.4 is 0 Å². The quantitative estimate of drug-likeness (QED) is 0.180. The molecule has 2 aliphatic carbocycles. The molecule has 0 radical (unpaired) electrons. The van der Waals surface area contributed by atoms with Crippen LogP contribution in [0.25, 0.3) is 53.9 Å². The van der Waals surface area contributed by atoms with Gasteiger partial charge < -0.3 is 0 Å². The van der Waals surface area contributed by atoms with Gasteiger partial charge in [-0.25, -0.2) is 0 Å². The van der Waals surface area contributed by atoms with Crippen LogP contribution in [0.4, 0.5) is 0 Å². The van der Waals surface area contributed by atoms with E-state index in [9.17, 15) is 0 Å². The molecule has 0 spiro atoms. The fraction of sp³-hybridized carbons (Fsp3) is 0.0500. The molecule has 0 unspecified atom stereocenters. The van der Waals surface area contributed by atoms with E-state index in [4.69, 9.17) is 0 Å². The molecule has 10 rings (SSSR count). The Labute approximate surface area is 229 Å². The number of rotatable bonds is 0. The Hall–Kier alpha value is -4.94. The van der Waals surface area contributed by atoms with Gasteiger partial charge in [-0.1, -0.05) is 109 Å². The Bertz CT molecular complexity index is 2730. The lowest BCUT2D eigenvalue weighted by Crippen LogP contribution is -1.87. The van der Waals surface area contributed by atoms with Crippen LogP contribution in [0.1, 0.15) is 11.1 Å². The van der Waals surface area contributed by atoms with Crippen LogP contribution in [0.15, 0.2) is 109 Å². The molecule has 0 N–H and O–H groups in total. The minimum Gasteiger partial charge on any atom is -0.0616 e. The number of hydrogen-bond donors (Lipinski definition) is 0. The lowest BCUT2D eigenvalue weighted by atomic mass is 9.94. The Morgan fingerprint density at radius 3 is 0.925 bits per heavy atom. The summed E-state index contributed by atoms with van der Waals surface area (Å²) in [4.78, 5) is 0. The molecule has 40 heavy (non-hydrogen) atoms. The lowest BCUT2D eigenvalue weighted by molar-refractivity contribution is 1.45. The van der Waals surface area contributed by atoms with E-state index < -0.39 is 0 Å². The summed E-state index contributed by atoms with van der Waals surface area (Å²) in [5, 5.41) is 24.9. The zero-order valence-corrected chi connectivity index (χ0v) is 22.4. The van der Waals surface area contributed by atoms with Crippen LogP contribution >= 0.6 is 0 Å². The molecular formula is C40H24. The third-order valence-electron chi connectivity index (χ3n) is 9.72. The van der Waals surface area contributed by atoms with E-state index in [1.807, 2.05) is 0 Å². The highest BCUT2D eigenvalue weighted by molar-refractivity contribution is 6.10. The molecule has 8 aromatic carbocycles. The molecule has 2 aliphatic rings. The van der Waals surface area contributed by atoms with Gasteiger partial charge in [-0.3, -0.25) is 0 Å². The van der Waals surface area contributed by atoms with Gasteiger partial charge >= 0.3 is 0 Å². The minimum atomic E-state index is 1.34. The minimum absolute atomic E-state index is 1.34. The average molecular weight is 505 g/mol. The molecule has 0 saturated heterocycles. The monoisotopic (exact) mass is 504 g/mol. The molecular weight excluding hydrogens is 480 g/mol. The molecule has 0 fully saturated rings. The Kier molecular flexibility index (Phi) is 3.65. The molecule has 0 amide bonds. The number of fused-ring (bicyclic) bond motifs is 12. The maximum Gasteiger partial charge on any atom is -0.0000705 e. The van der Waals surface area contributed by atoms with Crippen molar-refractivity contribution in [2.75, 3.05) is 0 Å². The third-order valence-corrected chi connectivity index (χ3v) is 9.72. The lowest BCUT2D eigenvalue weighted by Gasteiger charge is -2.08. The number of hydrogen-bond acceptors (Lipinski definition) is 0. The Morgan fingerprint density at radius 1 is 0.300 bits per heavy atom. The first-order valence-electron chi connectivity index (χ1n) is 14.2. The van der Waals surface area contributed by atoms with E-state index in [2.05, 4.69) is 123 Å². The zero-order valence-electron chi connectivity index (χ0n) is 22.4. The first-order valence-corrected chi connectivity index (χ1v) is 14.2. The molecule has 8 aromatic rings. The van der Waals surface area contributed by atoms with Gasteiger partial charge in [-0.05, 0) is 121 Å². The predicted octanol–water partition coefficient (Wildman–Crippen LogP) is 9.84. The number of benzene rings is 8. The highest BCUT2D eigenvalue weighted by atomic mass is 14.2. The Morgan fingerprint density at radius 2 is 0.575 bits per heavy atom. The van der Waals surface area contributed by atoms with Gasteiger partial charge in [-0.2, -0.15) is 0 Å². The first-order chi connectivity index (χ1) is 19.7. The van der Waals surface area contributed by atoms with Crippen molar-refractivity contribution in [3.05, 3.63) is 162 Å². The largest absolute Gasteiger partial charge is 0.0616 e. The van der Waals surface area contributed by atoms with E-state index in [0.29, 0.717) is 0 Å². The molecule has 184 valence electrons. The second-order valence-electron chi connectivity index (χ2n) is 11.7. The van der Waals surface area contributed by atoms with Crippen molar-refractivity contribution >= 4 is 53.9 Å². The van der Waals surface area contributed by atoms with Crippen LogP contribution in [-0.2, 0) is 0 Å². The molecule has 0 heterocycles. The third kappa shape index (κ3) is 2.24. The fourth-order valence-electron chi connectivity index (χ4n) is 8.25. The summed E-state index contributed by atoms with van der Waals surface area (Å²) in [7, 11) is 0. The second-order valence-corrected chi connectivity index (χ2v) is 11.7. The van der Waals surface area contributed by atoms with E-state index in [1.165, 1.54) is 107 Å². The van der Waals surface area contributed by atoms with Gasteiger partial charge in [0.2, 0.25) is 0 Å². The van der Waals surface area contributed by atoms with E-state index >= 15 is 0 Å². The summed E-state index contributed by atoms with van der Waals surface area (Å²) in [6, 6.07) is 41.2. The predicted molar refractivity (Wildman–Crippen MR) is 167 cm³/mol. The van der Waals surface area contributed by atoms with Crippen molar-refractivity contribution in [1.82, 2.24) is 0 Å². The maximum atomic E-state index is 2.46. The normalized spacial score (nSPS) is 12.8. The van der Waals surface area contributed by atoms with Gasteiger partial charge in [0.1, 0.15) is 0 Å². The van der Waals surface area contributed by atoms with Crippen LogP contribution in [-0.4, -0.2) is 0 Å². The van der Waals surface area contributed by atoms with Crippen LogP contribution in [0, 0.1) is 55.6 Å². The topological polar surface area (TPSA) is 0 Å². The summed E-state index contributed by atoms with van der Waals surface area (Å²) >= 11 is 0. The van der Waals surface area contributed by atoms with Crippen molar-refractivity contribution in [2.45, 2.75) is 13.8 Å². The number of aryl methyl sites for hydroxylation is 2. The van der Waals surface area contributed by atoms with Crippen molar-refractivity contribution in [3.63, 3.8) is 0 Å². The van der Waals surface area contributed by atoms with Gasteiger partial charge in [0.25, 0.3) is 0 Å². The molecule has 0 atom stereocenters. The molecule has 0 saturated carbocycles. The summed E-state index contributed by atoms with van der Waals surface area (Å²) in [5.41, 5.74) is 2.68. The van der Waals surface area contributed by atoms with Gasteiger partial charge in [0.15, 0.2) is 0 Å². The highest BCUT2D eigenvalue weighted by Gasteiger charge is 2.22. The summed E-state index contributed by atoms with van der Waals surface area (Å²) in [5.74, 6) is 0. The second kappa shape index (κ2) is 6.97. The Balaban J connectivity index is 1.78.